The van der Waals surface area contributed by atoms with Gasteiger partial charge in [0.05, 0.1) is 5.41 Å². The molecule has 1 heterocycles. The molecular weight excluding hydrogens is 299 g/mol. The van der Waals surface area contributed by atoms with Gasteiger partial charge in [0, 0.05) is 38.9 Å². The molecule has 0 saturated carbocycles. The standard InChI is InChI=1S/C17H23FN2O3/c1-17(2,13-6-4-5-7-14(13)18)16(22)20-10-8-19(9-11-20)15(21)12-23-3/h4-7H,8-12H2,1-3H3. The van der Waals surface area contributed by atoms with E-state index in [1.165, 1.54) is 13.2 Å². The molecule has 0 aliphatic carbocycles. The molecule has 0 spiro atoms. The van der Waals surface area contributed by atoms with Crippen molar-refractivity contribution in [3.63, 3.8) is 0 Å². The number of hydrogen-bond donors (Lipinski definition) is 0. The number of methoxy groups -OCH3 is 1. The second-order valence-corrected chi connectivity index (χ2v) is 6.21. The van der Waals surface area contributed by atoms with Crippen LogP contribution in [-0.2, 0) is 19.7 Å². The summed E-state index contributed by atoms with van der Waals surface area (Å²) in [5.41, 5.74) is -0.549. The summed E-state index contributed by atoms with van der Waals surface area (Å²) >= 11 is 0. The lowest BCUT2D eigenvalue weighted by molar-refractivity contribution is -0.144. The fourth-order valence-electron chi connectivity index (χ4n) is 2.85. The molecule has 1 fully saturated rings. The molecule has 126 valence electrons. The molecule has 2 rings (SSSR count). The van der Waals surface area contributed by atoms with Gasteiger partial charge in [-0.25, -0.2) is 4.39 Å². The number of carbonyl (C=O) groups excluding carboxylic acids is 2. The van der Waals surface area contributed by atoms with Crippen molar-refractivity contribution < 1.29 is 18.7 Å². The summed E-state index contributed by atoms with van der Waals surface area (Å²) in [7, 11) is 1.48. The third-order valence-electron chi connectivity index (χ3n) is 4.27. The van der Waals surface area contributed by atoms with Crippen LogP contribution in [0.25, 0.3) is 0 Å². The number of carbonyl (C=O) groups is 2. The molecule has 1 saturated heterocycles. The second kappa shape index (κ2) is 7.08. The van der Waals surface area contributed by atoms with E-state index in [1.807, 2.05) is 0 Å². The van der Waals surface area contributed by atoms with Crippen LogP contribution in [-0.4, -0.2) is 61.5 Å². The molecule has 5 nitrogen and oxygen atoms in total. The molecule has 1 aliphatic rings. The van der Waals surface area contributed by atoms with E-state index in [-0.39, 0.29) is 24.2 Å². The Balaban J connectivity index is 2.05. The van der Waals surface area contributed by atoms with E-state index >= 15 is 0 Å². The normalized spacial score (nSPS) is 15.7. The number of benzene rings is 1. The van der Waals surface area contributed by atoms with Crippen molar-refractivity contribution in [2.24, 2.45) is 0 Å². The zero-order chi connectivity index (χ0) is 17.0. The topological polar surface area (TPSA) is 49.9 Å². The molecular formula is C17H23FN2O3. The lowest BCUT2D eigenvalue weighted by Crippen LogP contribution is -2.55. The highest BCUT2D eigenvalue weighted by molar-refractivity contribution is 5.88. The first kappa shape index (κ1) is 17.4. The quantitative estimate of drug-likeness (QED) is 0.842. The molecule has 2 amide bonds. The van der Waals surface area contributed by atoms with E-state index in [2.05, 4.69) is 0 Å². The van der Waals surface area contributed by atoms with Crippen LogP contribution in [0.1, 0.15) is 19.4 Å². The number of hydrogen-bond acceptors (Lipinski definition) is 3. The van der Waals surface area contributed by atoms with Gasteiger partial charge in [-0.2, -0.15) is 0 Å². The highest BCUT2D eigenvalue weighted by Crippen LogP contribution is 2.28. The second-order valence-electron chi connectivity index (χ2n) is 6.21. The summed E-state index contributed by atoms with van der Waals surface area (Å²) in [6, 6.07) is 6.35. The summed E-state index contributed by atoms with van der Waals surface area (Å²) in [6.45, 7) is 5.36. The highest BCUT2D eigenvalue weighted by atomic mass is 19.1. The maximum atomic E-state index is 14.0. The zero-order valence-corrected chi connectivity index (χ0v) is 13.8. The van der Waals surface area contributed by atoms with Gasteiger partial charge in [0.2, 0.25) is 11.8 Å². The highest BCUT2D eigenvalue weighted by Gasteiger charge is 2.37. The average Bonchev–Trinajstić information content (AvgIpc) is 2.54. The van der Waals surface area contributed by atoms with E-state index in [0.717, 1.165) is 0 Å². The van der Waals surface area contributed by atoms with E-state index < -0.39 is 5.41 Å². The number of nitrogens with zero attached hydrogens (tertiary/aromatic N) is 2. The molecule has 0 N–H and O–H groups in total. The maximum absolute atomic E-state index is 14.0. The predicted octanol–water partition coefficient (Wildman–Crippen LogP) is 1.42. The van der Waals surface area contributed by atoms with Crippen LogP contribution in [0.3, 0.4) is 0 Å². The van der Waals surface area contributed by atoms with Crippen molar-refractivity contribution in [3.8, 4) is 0 Å². The Bertz CT molecular complexity index is 581. The number of ether oxygens (including phenoxy) is 1. The first-order chi connectivity index (χ1) is 10.9. The van der Waals surface area contributed by atoms with Crippen LogP contribution < -0.4 is 0 Å². The number of piperazine rings is 1. The van der Waals surface area contributed by atoms with Gasteiger partial charge >= 0.3 is 0 Å². The van der Waals surface area contributed by atoms with Crippen LogP contribution in [0.2, 0.25) is 0 Å². The minimum atomic E-state index is -0.940. The van der Waals surface area contributed by atoms with Gasteiger partial charge in [-0.3, -0.25) is 9.59 Å². The van der Waals surface area contributed by atoms with Gasteiger partial charge in [-0.1, -0.05) is 18.2 Å². The summed E-state index contributed by atoms with van der Waals surface area (Å²) < 4.78 is 18.9. The molecule has 0 aromatic heterocycles. The van der Waals surface area contributed by atoms with Crippen molar-refractivity contribution in [1.29, 1.82) is 0 Å². The first-order valence-corrected chi connectivity index (χ1v) is 7.69. The Labute approximate surface area is 136 Å². The summed E-state index contributed by atoms with van der Waals surface area (Å²) in [4.78, 5) is 28.0. The Morgan fingerprint density at radius 3 is 2.26 bits per heavy atom. The van der Waals surface area contributed by atoms with Crippen molar-refractivity contribution in [1.82, 2.24) is 9.80 Å². The van der Waals surface area contributed by atoms with Crippen molar-refractivity contribution in [2.75, 3.05) is 39.9 Å². The Morgan fingerprint density at radius 1 is 1.13 bits per heavy atom. The number of rotatable bonds is 4. The van der Waals surface area contributed by atoms with E-state index in [9.17, 15) is 14.0 Å². The molecule has 6 heteroatoms. The Morgan fingerprint density at radius 2 is 1.70 bits per heavy atom. The fraction of sp³-hybridized carbons (Fsp3) is 0.529. The summed E-state index contributed by atoms with van der Waals surface area (Å²) in [5.74, 6) is -0.575. The molecule has 0 radical (unpaired) electrons. The van der Waals surface area contributed by atoms with Gasteiger partial charge in [0.25, 0.3) is 0 Å². The van der Waals surface area contributed by atoms with Gasteiger partial charge in [-0.05, 0) is 19.9 Å². The average molecular weight is 322 g/mol. The smallest absolute Gasteiger partial charge is 0.248 e. The Hall–Kier alpha value is -1.95. The predicted molar refractivity (Wildman–Crippen MR) is 84.5 cm³/mol. The monoisotopic (exact) mass is 322 g/mol. The van der Waals surface area contributed by atoms with E-state index in [4.69, 9.17) is 4.74 Å². The van der Waals surface area contributed by atoms with Crippen LogP contribution in [0.5, 0.6) is 0 Å². The largest absolute Gasteiger partial charge is 0.375 e. The van der Waals surface area contributed by atoms with E-state index in [0.29, 0.717) is 31.7 Å². The molecule has 1 aromatic carbocycles. The van der Waals surface area contributed by atoms with E-state index in [1.54, 1.807) is 41.8 Å². The van der Waals surface area contributed by atoms with Gasteiger partial charge in [0.1, 0.15) is 12.4 Å². The lowest BCUT2D eigenvalue weighted by Gasteiger charge is -2.38. The third-order valence-corrected chi connectivity index (χ3v) is 4.27. The van der Waals surface area contributed by atoms with Gasteiger partial charge in [-0.15, -0.1) is 0 Å². The van der Waals surface area contributed by atoms with Crippen LogP contribution >= 0.6 is 0 Å². The summed E-state index contributed by atoms with van der Waals surface area (Å²) in [5, 5.41) is 0. The van der Waals surface area contributed by atoms with Crippen molar-refractivity contribution in [3.05, 3.63) is 35.6 Å². The first-order valence-electron chi connectivity index (χ1n) is 7.69. The zero-order valence-electron chi connectivity index (χ0n) is 13.8. The molecule has 1 aliphatic heterocycles. The van der Waals surface area contributed by atoms with Gasteiger partial charge < -0.3 is 14.5 Å². The molecule has 0 bridgehead atoms. The minimum Gasteiger partial charge on any atom is -0.375 e. The Kier molecular flexibility index (Phi) is 5.36. The third kappa shape index (κ3) is 3.69. The van der Waals surface area contributed by atoms with Gasteiger partial charge in [0.15, 0.2) is 0 Å². The molecule has 0 atom stereocenters. The molecule has 1 aromatic rings. The number of halogens is 1. The molecule has 0 unspecified atom stereocenters. The minimum absolute atomic E-state index is 0.0503. The molecule has 23 heavy (non-hydrogen) atoms. The SMILES string of the molecule is COCC(=O)N1CCN(C(=O)C(C)(C)c2ccccc2F)CC1. The van der Waals surface area contributed by atoms with Crippen molar-refractivity contribution in [2.45, 2.75) is 19.3 Å². The van der Waals surface area contributed by atoms with Crippen LogP contribution in [0.4, 0.5) is 4.39 Å². The lowest BCUT2D eigenvalue weighted by atomic mass is 9.82. The summed E-state index contributed by atoms with van der Waals surface area (Å²) in [6.07, 6.45) is 0. The van der Waals surface area contributed by atoms with Crippen LogP contribution in [0.15, 0.2) is 24.3 Å². The maximum Gasteiger partial charge on any atom is 0.248 e. The van der Waals surface area contributed by atoms with Crippen LogP contribution in [0, 0.1) is 5.82 Å². The number of amides is 2. The fourth-order valence-corrected chi connectivity index (χ4v) is 2.85. The van der Waals surface area contributed by atoms with Crippen molar-refractivity contribution >= 4 is 11.8 Å².